The first-order chi connectivity index (χ1) is 11.8. The van der Waals surface area contributed by atoms with Gasteiger partial charge in [0.2, 0.25) is 0 Å². The van der Waals surface area contributed by atoms with Crippen molar-refractivity contribution in [3.63, 3.8) is 0 Å². The number of quaternary nitrogens is 1. The van der Waals surface area contributed by atoms with Gasteiger partial charge in [-0.2, -0.15) is 0 Å². The summed E-state index contributed by atoms with van der Waals surface area (Å²) in [6, 6.07) is 9.63. The van der Waals surface area contributed by atoms with Gasteiger partial charge in [-0.15, -0.1) is 0 Å². The summed E-state index contributed by atoms with van der Waals surface area (Å²) in [5.74, 6) is -1.55. The van der Waals surface area contributed by atoms with Crippen LogP contribution in [0.3, 0.4) is 0 Å². The third-order valence-corrected chi connectivity index (χ3v) is 4.32. The van der Waals surface area contributed by atoms with E-state index in [1.165, 1.54) is 12.1 Å². The molecule has 0 radical (unpaired) electrons. The minimum absolute atomic E-state index is 0.120. The highest BCUT2D eigenvalue weighted by atomic mass is 19.2. The number of nitrogens with one attached hydrogen (secondary N) is 1. The molecular weight excluding hydrogens is 322 g/mol. The van der Waals surface area contributed by atoms with Crippen LogP contribution in [0.15, 0.2) is 36.4 Å². The van der Waals surface area contributed by atoms with Crippen molar-refractivity contribution >= 4 is 11.6 Å². The monoisotopic (exact) mass is 347 g/mol. The number of carbonyl (C=O) groups excluding carboxylic acids is 1. The SMILES string of the molecule is Cc1cccc(C(C)C)c1NC(=O)C[NH2+][C@H](C)c1ccc(F)c(F)c1. The van der Waals surface area contributed by atoms with Crippen molar-refractivity contribution in [2.45, 2.75) is 39.7 Å². The van der Waals surface area contributed by atoms with Crippen molar-refractivity contribution in [2.24, 2.45) is 0 Å². The summed E-state index contributed by atoms with van der Waals surface area (Å²) in [5.41, 5.74) is 3.62. The Balaban J connectivity index is 2.00. The number of hydrogen-bond acceptors (Lipinski definition) is 1. The first-order valence-corrected chi connectivity index (χ1v) is 8.47. The fourth-order valence-corrected chi connectivity index (χ4v) is 2.75. The molecule has 0 spiro atoms. The molecule has 5 heteroatoms. The zero-order valence-corrected chi connectivity index (χ0v) is 15.1. The van der Waals surface area contributed by atoms with E-state index in [9.17, 15) is 13.6 Å². The third-order valence-electron chi connectivity index (χ3n) is 4.32. The van der Waals surface area contributed by atoms with Gasteiger partial charge < -0.3 is 10.6 Å². The minimum atomic E-state index is -0.872. The normalized spacial score (nSPS) is 12.3. The second-order valence-electron chi connectivity index (χ2n) is 6.64. The molecule has 25 heavy (non-hydrogen) atoms. The maximum atomic E-state index is 13.3. The van der Waals surface area contributed by atoms with E-state index >= 15 is 0 Å². The van der Waals surface area contributed by atoms with Gasteiger partial charge in [-0.25, -0.2) is 8.78 Å². The summed E-state index contributed by atoms with van der Waals surface area (Å²) in [7, 11) is 0. The van der Waals surface area contributed by atoms with Crippen LogP contribution in [-0.2, 0) is 4.79 Å². The predicted octanol–water partition coefficient (Wildman–Crippen LogP) is 3.66. The molecule has 0 unspecified atom stereocenters. The Labute approximate surface area is 147 Å². The molecule has 2 aromatic rings. The summed E-state index contributed by atoms with van der Waals surface area (Å²) in [4.78, 5) is 12.3. The second kappa shape index (κ2) is 8.21. The zero-order chi connectivity index (χ0) is 18.6. The number of carbonyl (C=O) groups is 1. The van der Waals surface area contributed by atoms with Crippen molar-refractivity contribution < 1.29 is 18.9 Å². The van der Waals surface area contributed by atoms with Gasteiger partial charge in [0.1, 0.15) is 6.04 Å². The summed E-state index contributed by atoms with van der Waals surface area (Å²) in [6.07, 6.45) is 0. The van der Waals surface area contributed by atoms with Gasteiger partial charge >= 0.3 is 0 Å². The van der Waals surface area contributed by atoms with Crippen LogP contribution in [0.5, 0.6) is 0 Å². The van der Waals surface area contributed by atoms with E-state index in [2.05, 4.69) is 19.2 Å². The van der Waals surface area contributed by atoms with Gasteiger partial charge in [0, 0.05) is 11.3 Å². The molecule has 0 bridgehead atoms. The molecule has 0 aliphatic carbocycles. The number of anilines is 1. The molecule has 0 aliphatic heterocycles. The molecule has 0 saturated heterocycles. The molecule has 3 N–H and O–H groups in total. The van der Waals surface area contributed by atoms with Gasteiger partial charge in [0.25, 0.3) is 5.91 Å². The van der Waals surface area contributed by atoms with Crippen LogP contribution in [-0.4, -0.2) is 12.5 Å². The lowest BCUT2D eigenvalue weighted by Crippen LogP contribution is -2.86. The molecule has 2 aromatic carbocycles. The van der Waals surface area contributed by atoms with E-state index in [0.29, 0.717) is 11.5 Å². The van der Waals surface area contributed by atoms with Crippen molar-refractivity contribution in [3.8, 4) is 0 Å². The third kappa shape index (κ3) is 4.86. The van der Waals surface area contributed by atoms with Gasteiger partial charge in [0.15, 0.2) is 18.2 Å². The molecule has 2 rings (SSSR count). The molecular formula is C20H25F2N2O+. The number of halogens is 2. The van der Waals surface area contributed by atoms with Crippen molar-refractivity contribution in [1.29, 1.82) is 0 Å². The first kappa shape index (κ1) is 19.1. The van der Waals surface area contributed by atoms with Crippen LogP contribution >= 0.6 is 0 Å². The highest BCUT2D eigenvalue weighted by molar-refractivity contribution is 5.93. The first-order valence-electron chi connectivity index (χ1n) is 8.47. The van der Waals surface area contributed by atoms with E-state index in [1.807, 2.05) is 32.0 Å². The van der Waals surface area contributed by atoms with Crippen LogP contribution < -0.4 is 10.6 Å². The Morgan fingerprint density at radius 3 is 2.48 bits per heavy atom. The fraction of sp³-hybridized carbons (Fsp3) is 0.350. The Morgan fingerprint density at radius 2 is 1.84 bits per heavy atom. The summed E-state index contributed by atoms with van der Waals surface area (Å²) < 4.78 is 26.3. The Morgan fingerprint density at radius 1 is 1.12 bits per heavy atom. The van der Waals surface area contributed by atoms with E-state index in [-0.39, 0.29) is 18.5 Å². The van der Waals surface area contributed by atoms with E-state index in [0.717, 1.165) is 22.9 Å². The second-order valence-corrected chi connectivity index (χ2v) is 6.64. The number of rotatable bonds is 6. The predicted molar refractivity (Wildman–Crippen MR) is 95.5 cm³/mol. The van der Waals surface area contributed by atoms with Crippen LogP contribution in [0, 0.1) is 18.6 Å². The lowest BCUT2D eigenvalue weighted by atomic mass is 9.98. The molecule has 0 fully saturated rings. The lowest BCUT2D eigenvalue weighted by molar-refractivity contribution is -0.682. The maximum Gasteiger partial charge on any atom is 0.279 e. The number of aryl methyl sites for hydroxylation is 1. The van der Waals surface area contributed by atoms with Gasteiger partial charge in [-0.05, 0) is 49.1 Å². The van der Waals surface area contributed by atoms with Crippen LogP contribution in [0.1, 0.15) is 49.4 Å². The molecule has 3 nitrogen and oxygen atoms in total. The zero-order valence-electron chi connectivity index (χ0n) is 15.1. The summed E-state index contributed by atoms with van der Waals surface area (Å²) in [6.45, 7) is 8.19. The van der Waals surface area contributed by atoms with E-state index < -0.39 is 11.6 Å². The van der Waals surface area contributed by atoms with Crippen LogP contribution in [0.25, 0.3) is 0 Å². The summed E-state index contributed by atoms with van der Waals surface area (Å²) >= 11 is 0. The van der Waals surface area contributed by atoms with Crippen LogP contribution in [0.2, 0.25) is 0 Å². The molecule has 0 saturated carbocycles. The Bertz CT molecular complexity index is 759. The number of para-hydroxylation sites is 1. The van der Waals surface area contributed by atoms with Gasteiger partial charge in [-0.1, -0.05) is 32.0 Å². The molecule has 0 heterocycles. The Hall–Kier alpha value is -2.27. The maximum absolute atomic E-state index is 13.3. The smallest absolute Gasteiger partial charge is 0.279 e. The van der Waals surface area contributed by atoms with Crippen molar-refractivity contribution in [1.82, 2.24) is 0 Å². The number of amides is 1. The van der Waals surface area contributed by atoms with E-state index in [1.54, 1.807) is 5.32 Å². The lowest BCUT2D eigenvalue weighted by Gasteiger charge is -2.17. The molecule has 134 valence electrons. The topological polar surface area (TPSA) is 45.7 Å². The standard InChI is InChI=1S/C20H24F2N2O/c1-12(2)16-7-5-6-13(3)20(16)24-19(25)11-23-14(4)15-8-9-17(21)18(22)10-15/h5-10,12,14,23H,11H2,1-4H3,(H,24,25)/p+1/t14-/m1/s1. The molecule has 0 aliphatic rings. The molecule has 0 aromatic heterocycles. The fourth-order valence-electron chi connectivity index (χ4n) is 2.75. The highest BCUT2D eigenvalue weighted by Crippen LogP contribution is 2.27. The Kier molecular flexibility index (Phi) is 6.26. The quantitative estimate of drug-likeness (QED) is 0.823. The average molecular weight is 347 g/mol. The van der Waals surface area contributed by atoms with Gasteiger partial charge in [0.05, 0.1) is 0 Å². The highest BCUT2D eigenvalue weighted by Gasteiger charge is 2.16. The number of nitrogens with two attached hydrogens (primary N) is 1. The van der Waals surface area contributed by atoms with Crippen LogP contribution in [0.4, 0.5) is 14.5 Å². The number of hydrogen-bond donors (Lipinski definition) is 2. The summed E-state index contributed by atoms with van der Waals surface area (Å²) in [5, 5.41) is 4.78. The largest absolute Gasteiger partial charge is 0.333 e. The van der Waals surface area contributed by atoms with Crippen molar-refractivity contribution in [3.05, 3.63) is 64.7 Å². The number of benzene rings is 2. The van der Waals surface area contributed by atoms with E-state index in [4.69, 9.17) is 0 Å². The molecule has 1 amide bonds. The van der Waals surface area contributed by atoms with Crippen molar-refractivity contribution in [2.75, 3.05) is 11.9 Å². The molecule has 1 atom stereocenters. The van der Waals surface area contributed by atoms with Gasteiger partial charge in [-0.3, -0.25) is 4.79 Å². The minimum Gasteiger partial charge on any atom is -0.333 e. The average Bonchev–Trinajstić information content (AvgIpc) is 2.56.